The van der Waals surface area contributed by atoms with Crippen LogP contribution in [0.3, 0.4) is 0 Å². The average molecular weight is 214 g/mol. The molecule has 1 saturated heterocycles. The molecule has 14 heavy (non-hydrogen) atoms. The number of thiocarbonyl (C=S) groups is 1. The highest BCUT2D eigenvalue weighted by molar-refractivity contribution is 7.80. The van der Waals surface area contributed by atoms with E-state index >= 15 is 0 Å². The highest BCUT2D eigenvalue weighted by Crippen LogP contribution is 2.32. The van der Waals surface area contributed by atoms with Crippen LogP contribution in [0.4, 0.5) is 0 Å². The Hall–Kier alpha value is -0.970. The second-order valence-corrected chi connectivity index (χ2v) is 4.68. The maximum Gasteiger partial charge on any atom is 0.235 e. The fourth-order valence-corrected chi connectivity index (χ4v) is 1.60. The van der Waals surface area contributed by atoms with E-state index in [1.54, 1.807) is 20.8 Å². The molecule has 0 aromatic carbocycles. The summed E-state index contributed by atoms with van der Waals surface area (Å²) >= 11 is 4.77. The second kappa shape index (κ2) is 3.31. The van der Waals surface area contributed by atoms with Crippen molar-refractivity contribution in [1.29, 1.82) is 0 Å². The van der Waals surface area contributed by atoms with Crippen molar-refractivity contribution in [2.45, 2.75) is 33.2 Å². The lowest BCUT2D eigenvalue weighted by Crippen LogP contribution is -2.46. The van der Waals surface area contributed by atoms with Crippen LogP contribution >= 0.6 is 12.2 Å². The quantitative estimate of drug-likeness (QED) is 0.535. The van der Waals surface area contributed by atoms with Gasteiger partial charge in [0.1, 0.15) is 0 Å². The van der Waals surface area contributed by atoms with Gasteiger partial charge in [0, 0.05) is 6.42 Å². The first-order valence-corrected chi connectivity index (χ1v) is 4.84. The van der Waals surface area contributed by atoms with E-state index in [2.05, 4.69) is 0 Å². The predicted molar refractivity (Wildman–Crippen MR) is 56.5 cm³/mol. The summed E-state index contributed by atoms with van der Waals surface area (Å²) in [6.45, 7) is 5.17. The number of nitrogens with two attached hydrogens (primary N) is 1. The molecule has 0 saturated carbocycles. The van der Waals surface area contributed by atoms with Crippen molar-refractivity contribution in [3.05, 3.63) is 0 Å². The van der Waals surface area contributed by atoms with Gasteiger partial charge in [0.25, 0.3) is 0 Å². The van der Waals surface area contributed by atoms with Crippen molar-refractivity contribution in [3.63, 3.8) is 0 Å². The van der Waals surface area contributed by atoms with Crippen LogP contribution in [0.1, 0.15) is 27.2 Å². The zero-order valence-corrected chi connectivity index (χ0v) is 9.35. The SMILES string of the molecule is CC(C(N)=S)N1C(=O)CC(C)(C)C1=O. The predicted octanol–water partition coefficient (Wildman–Crippen LogP) is 0.446. The number of hydrogen-bond acceptors (Lipinski definition) is 3. The molecule has 0 aromatic rings. The molecule has 2 N–H and O–H groups in total. The normalized spacial score (nSPS) is 22.6. The first-order valence-electron chi connectivity index (χ1n) is 4.43. The van der Waals surface area contributed by atoms with E-state index in [9.17, 15) is 9.59 Å². The van der Waals surface area contributed by atoms with Gasteiger partial charge < -0.3 is 5.73 Å². The number of nitrogens with zero attached hydrogens (tertiary/aromatic N) is 1. The van der Waals surface area contributed by atoms with E-state index in [0.29, 0.717) is 0 Å². The second-order valence-electron chi connectivity index (χ2n) is 4.21. The summed E-state index contributed by atoms with van der Waals surface area (Å²) in [7, 11) is 0. The van der Waals surface area contributed by atoms with Gasteiger partial charge in [-0.15, -0.1) is 0 Å². The first-order chi connectivity index (χ1) is 6.27. The van der Waals surface area contributed by atoms with Crippen LogP contribution in [0.5, 0.6) is 0 Å². The van der Waals surface area contributed by atoms with E-state index in [-0.39, 0.29) is 23.2 Å². The Morgan fingerprint density at radius 1 is 1.57 bits per heavy atom. The summed E-state index contributed by atoms with van der Waals surface area (Å²) in [4.78, 5) is 24.6. The van der Waals surface area contributed by atoms with Crippen molar-refractivity contribution in [2.24, 2.45) is 11.1 Å². The lowest BCUT2D eigenvalue weighted by molar-refractivity contribution is -0.141. The van der Waals surface area contributed by atoms with Gasteiger partial charge in [-0.05, 0) is 6.92 Å². The Bertz CT molecular complexity index is 312. The van der Waals surface area contributed by atoms with Crippen molar-refractivity contribution >= 4 is 29.0 Å². The minimum Gasteiger partial charge on any atom is -0.392 e. The summed E-state index contributed by atoms with van der Waals surface area (Å²) in [5, 5.41) is 0. The smallest absolute Gasteiger partial charge is 0.235 e. The third kappa shape index (κ3) is 1.64. The van der Waals surface area contributed by atoms with Crippen LogP contribution in [0.25, 0.3) is 0 Å². The summed E-state index contributed by atoms with van der Waals surface area (Å²) in [5.74, 6) is -0.386. The largest absolute Gasteiger partial charge is 0.392 e. The minimum atomic E-state index is -0.615. The molecule has 78 valence electrons. The van der Waals surface area contributed by atoms with Gasteiger partial charge in [-0.3, -0.25) is 14.5 Å². The molecule has 1 aliphatic heterocycles. The maximum absolute atomic E-state index is 11.8. The number of carbonyl (C=O) groups is 2. The Labute approximate surface area is 88.4 Å². The Balaban J connectivity index is 2.97. The molecule has 1 rings (SSSR count). The zero-order chi connectivity index (χ0) is 11.1. The molecule has 2 amide bonds. The van der Waals surface area contributed by atoms with Crippen molar-refractivity contribution in [3.8, 4) is 0 Å². The van der Waals surface area contributed by atoms with E-state index in [1.807, 2.05) is 0 Å². The minimum absolute atomic E-state index is 0.171. The number of imide groups is 1. The van der Waals surface area contributed by atoms with Crippen LogP contribution in [-0.2, 0) is 9.59 Å². The van der Waals surface area contributed by atoms with Crippen LogP contribution in [0, 0.1) is 5.41 Å². The Morgan fingerprint density at radius 3 is 2.36 bits per heavy atom. The molecule has 0 spiro atoms. The molecule has 0 radical (unpaired) electrons. The zero-order valence-electron chi connectivity index (χ0n) is 8.53. The standard InChI is InChI=1S/C9H14N2O2S/c1-5(7(10)14)11-6(12)4-9(2,3)8(11)13/h5H,4H2,1-3H3,(H2,10,14). The van der Waals surface area contributed by atoms with Crippen molar-refractivity contribution in [2.75, 3.05) is 0 Å². The summed E-state index contributed by atoms with van der Waals surface area (Å²) in [6, 6.07) is -0.480. The van der Waals surface area contributed by atoms with Crippen LogP contribution < -0.4 is 5.73 Å². The van der Waals surface area contributed by atoms with Gasteiger partial charge in [-0.1, -0.05) is 26.1 Å². The fraction of sp³-hybridized carbons (Fsp3) is 0.667. The van der Waals surface area contributed by atoms with E-state index in [0.717, 1.165) is 0 Å². The number of rotatable bonds is 2. The molecular weight excluding hydrogens is 200 g/mol. The molecule has 1 fully saturated rings. The van der Waals surface area contributed by atoms with Crippen LogP contribution in [-0.4, -0.2) is 27.7 Å². The number of likely N-dealkylation sites (tertiary alicyclic amines) is 1. The third-order valence-corrected chi connectivity index (χ3v) is 2.80. The van der Waals surface area contributed by atoms with Gasteiger partial charge in [-0.25, -0.2) is 0 Å². The van der Waals surface area contributed by atoms with E-state index in [4.69, 9.17) is 18.0 Å². The van der Waals surface area contributed by atoms with E-state index in [1.165, 1.54) is 4.90 Å². The first kappa shape index (κ1) is 11.1. The molecule has 0 aliphatic carbocycles. The molecular formula is C9H14N2O2S. The van der Waals surface area contributed by atoms with Gasteiger partial charge in [0.15, 0.2) is 0 Å². The van der Waals surface area contributed by atoms with E-state index < -0.39 is 11.5 Å². The lowest BCUT2D eigenvalue weighted by Gasteiger charge is -2.23. The van der Waals surface area contributed by atoms with Crippen molar-refractivity contribution < 1.29 is 9.59 Å². The van der Waals surface area contributed by atoms with Gasteiger partial charge in [0.05, 0.1) is 16.4 Å². The Morgan fingerprint density at radius 2 is 2.07 bits per heavy atom. The molecule has 1 unspecified atom stereocenters. The summed E-state index contributed by atoms with van der Waals surface area (Å²) < 4.78 is 0. The van der Waals surface area contributed by atoms with Crippen LogP contribution in [0.15, 0.2) is 0 Å². The van der Waals surface area contributed by atoms with Gasteiger partial charge >= 0.3 is 0 Å². The number of carbonyl (C=O) groups excluding carboxylic acids is 2. The molecule has 1 atom stereocenters. The monoisotopic (exact) mass is 214 g/mol. The molecule has 4 nitrogen and oxygen atoms in total. The molecule has 1 aliphatic rings. The molecule has 0 bridgehead atoms. The van der Waals surface area contributed by atoms with Crippen molar-refractivity contribution in [1.82, 2.24) is 4.90 Å². The average Bonchev–Trinajstić information content (AvgIpc) is 2.21. The summed E-state index contributed by atoms with van der Waals surface area (Å²) in [6.07, 6.45) is 0.235. The molecule has 1 heterocycles. The fourth-order valence-electron chi connectivity index (χ4n) is 1.50. The highest BCUT2D eigenvalue weighted by Gasteiger charge is 2.47. The highest BCUT2D eigenvalue weighted by atomic mass is 32.1. The van der Waals surface area contributed by atoms with Crippen LogP contribution in [0.2, 0.25) is 0 Å². The van der Waals surface area contributed by atoms with Gasteiger partial charge in [0.2, 0.25) is 11.8 Å². The molecule has 0 aromatic heterocycles. The maximum atomic E-state index is 11.8. The molecule has 5 heteroatoms. The third-order valence-electron chi connectivity index (χ3n) is 2.46. The summed E-state index contributed by atoms with van der Waals surface area (Å²) in [5.41, 5.74) is 4.80. The number of hydrogen-bond donors (Lipinski definition) is 1. The topological polar surface area (TPSA) is 63.4 Å². The van der Waals surface area contributed by atoms with Gasteiger partial charge in [-0.2, -0.15) is 0 Å². The lowest BCUT2D eigenvalue weighted by atomic mass is 9.92. The number of amides is 2. The Kier molecular flexibility index (Phi) is 2.63.